The van der Waals surface area contributed by atoms with Crippen molar-refractivity contribution in [1.82, 2.24) is 9.97 Å². The van der Waals surface area contributed by atoms with Gasteiger partial charge in [0.15, 0.2) is 0 Å². The van der Waals surface area contributed by atoms with E-state index in [0.29, 0.717) is 11.4 Å². The molecule has 2 aliphatic heterocycles. The van der Waals surface area contributed by atoms with Crippen LogP contribution < -0.4 is 15.5 Å². The maximum atomic E-state index is 11.6. The van der Waals surface area contributed by atoms with Crippen LogP contribution in [0, 0.1) is 24.7 Å². The Labute approximate surface area is 182 Å². The zero-order chi connectivity index (χ0) is 20.7. The van der Waals surface area contributed by atoms with Crippen LogP contribution in [-0.2, 0) is 11.2 Å². The summed E-state index contributed by atoms with van der Waals surface area (Å²) < 4.78 is 0. The molecule has 0 radical (unpaired) electrons. The molecule has 3 heterocycles. The molecule has 158 valence electrons. The summed E-state index contributed by atoms with van der Waals surface area (Å²) in [5.41, 5.74) is 4.39. The number of amides is 1. The number of anilines is 3. The van der Waals surface area contributed by atoms with E-state index in [2.05, 4.69) is 44.6 Å². The second-order valence-corrected chi connectivity index (χ2v) is 9.39. The number of carbonyl (C=O) groups excluding carboxylic acids is 1. The Kier molecular flexibility index (Phi) is 5.27. The van der Waals surface area contributed by atoms with Gasteiger partial charge in [-0.15, -0.1) is 0 Å². The second kappa shape index (κ2) is 8.06. The lowest BCUT2D eigenvalue weighted by atomic mass is 9.90. The zero-order valence-electron chi connectivity index (χ0n) is 17.3. The third kappa shape index (κ3) is 4.10. The number of hydrogen-bond donors (Lipinski definition) is 2. The van der Waals surface area contributed by atoms with Crippen molar-refractivity contribution in [2.75, 3.05) is 35.2 Å². The Bertz CT molecular complexity index is 939. The standard InChI is InChI=1S/C23H28ClN5O/c1-14-8-19(9-17-11-21(30)28-22(14)17)25-5-2-16-10-20(16)15-3-6-29(7-4-15)23-26-12-18(24)13-27-23/h8-9,12-13,15-16,20,25H,2-7,10-11H2,1H3,(H,28,30)/t16-,20-/m1/s1. The third-order valence-corrected chi connectivity index (χ3v) is 7.08. The summed E-state index contributed by atoms with van der Waals surface area (Å²) in [6.45, 7) is 5.13. The van der Waals surface area contributed by atoms with Crippen LogP contribution in [0.1, 0.15) is 36.8 Å². The minimum Gasteiger partial charge on any atom is -0.385 e. The molecule has 5 rings (SSSR count). The summed E-state index contributed by atoms with van der Waals surface area (Å²) in [4.78, 5) is 22.6. The van der Waals surface area contributed by atoms with Crippen molar-refractivity contribution in [3.8, 4) is 0 Å². The number of aromatic nitrogens is 2. The monoisotopic (exact) mass is 425 g/mol. The Morgan fingerprint density at radius 1 is 1.23 bits per heavy atom. The first-order valence-corrected chi connectivity index (χ1v) is 11.3. The Morgan fingerprint density at radius 2 is 2.00 bits per heavy atom. The SMILES string of the molecule is Cc1cc(NCC[C@@H]2C[C@@H]2C2CCN(c3ncc(Cl)cn3)CC2)cc2c1NC(=O)C2. The van der Waals surface area contributed by atoms with Crippen molar-refractivity contribution in [2.24, 2.45) is 17.8 Å². The number of hydrogen-bond acceptors (Lipinski definition) is 5. The highest BCUT2D eigenvalue weighted by molar-refractivity contribution is 6.30. The van der Waals surface area contributed by atoms with Crippen LogP contribution in [0.15, 0.2) is 24.5 Å². The molecule has 1 saturated carbocycles. The van der Waals surface area contributed by atoms with Crippen LogP contribution in [-0.4, -0.2) is 35.5 Å². The van der Waals surface area contributed by atoms with Crippen LogP contribution >= 0.6 is 11.6 Å². The highest BCUT2D eigenvalue weighted by Gasteiger charge is 2.43. The molecule has 1 amide bonds. The minimum absolute atomic E-state index is 0.0970. The van der Waals surface area contributed by atoms with Gasteiger partial charge in [-0.2, -0.15) is 0 Å². The summed E-state index contributed by atoms with van der Waals surface area (Å²) in [5.74, 6) is 3.46. The van der Waals surface area contributed by atoms with Crippen LogP contribution in [0.2, 0.25) is 5.02 Å². The highest BCUT2D eigenvalue weighted by atomic mass is 35.5. The quantitative estimate of drug-likeness (QED) is 0.722. The van der Waals surface area contributed by atoms with Gasteiger partial charge >= 0.3 is 0 Å². The van der Waals surface area contributed by atoms with E-state index in [1.165, 1.54) is 25.7 Å². The second-order valence-electron chi connectivity index (χ2n) is 8.95. The molecular formula is C23H28ClN5O. The summed E-state index contributed by atoms with van der Waals surface area (Å²) in [7, 11) is 0. The van der Waals surface area contributed by atoms with E-state index in [9.17, 15) is 4.79 Å². The molecule has 0 bridgehead atoms. The van der Waals surface area contributed by atoms with Gasteiger partial charge in [-0.05, 0) is 73.6 Å². The van der Waals surface area contributed by atoms with Gasteiger partial charge in [0.1, 0.15) is 0 Å². The molecule has 2 N–H and O–H groups in total. The van der Waals surface area contributed by atoms with E-state index in [1.807, 2.05) is 0 Å². The van der Waals surface area contributed by atoms with Crippen LogP contribution in [0.25, 0.3) is 0 Å². The molecule has 3 aliphatic rings. The number of piperidine rings is 1. The predicted molar refractivity (Wildman–Crippen MR) is 120 cm³/mol. The molecule has 2 fully saturated rings. The van der Waals surface area contributed by atoms with Crippen molar-refractivity contribution in [3.63, 3.8) is 0 Å². The fourth-order valence-corrected chi connectivity index (χ4v) is 5.31. The fraction of sp³-hybridized carbons (Fsp3) is 0.522. The van der Waals surface area contributed by atoms with Gasteiger partial charge in [0.05, 0.1) is 23.8 Å². The van der Waals surface area contributed by atoms with Crippen LogP contribution in [0.4, 0.5) is 17.3 Å². The number of benzene rings is 1. The molecule has 0 unspecified atom stereocenters. The molecule has 6 nitrogen and oxygen atoms in total. The Balaban J connectivity index is 1.07. The summed E-state index contributed by atoms with van der Waals surface area (Å²) in [6.07, 6.45) is 8.89. The topological polar surface area (TPSA) is 70.2 Å². The number of fused-ring (bicyclic) bond motifs is 1. The summed E-state index contributed by atoms with van der Waals surface area (Å²) in [6, 6.07) is 4.27. The van der Waals surface area contributed by atoms with E-state index in [0.717, 1.165) is 65.8 Å². The normalized spacial score (nSPS) is 23.3. The van der Waals surface area contributed by atoms with Crippen molar-refractivity contribution >= 4 is 34.8 Å². The van der Waals surface area contributed by atoms with Gasteiger partial charge in [-0.3, -0.25) is 4.79 Å². The fourth-order valence-electron chi connectivity index (χ4n) is 5.22. The number of aryl methyl sites for hydroxylation is 1. The van der Waals surface area contributed by atoms with Crippen LogP contribution in [0.5, 0.6) is 0 Å². The molecule has 1 saturated heterocycles. The van der Waals surface area contributed by atoms with Crippen molar-refractivity contribution in [1.29, 1.82) is 0 Å². The number of nitrogens with zero attached hydrogens (tertiary/aromatic N) is 3. The maximum Gasteiger partial charge on any atom is 0.228 e. The molecule has 7 heteroatoms. The van der Waals surface area contributed by atoms with E-state index in [1.54, 1.807) is 12.4 Å². The molecule has 0 spiro atoms. The van der Waals surface area contributed by atoms with E-state index < -0.39 is 0 Å². The minimum atomic E-state index is 0.0970. The van der Waals surface area contributed by atoms with E-state index in [4.69, 9.17) is 11.6 Å². The van der Waals surface area contributed by atoms with Gasteiger partial charge in [0.2, 0.25) is 11.9 Å². The Hall–Kier alpha value is -2.34. The lowest BCUT2D eigenvalue weighted by Crippen LogP contribution is -2.35. The first kappa shape index (κ1) is 19.6. The lowest BCUT2D eigenvalue weighted by molar-refractivity contribution is -0.115. The average molecular weight is 426 g/mol. The van der Waals surface area contributed by atoms with Crippen LogP contribution in [0.3, 0.4) is 0 Å². The van der Waals surface area contributed by atoms with Gasteiger partial charge in [0.25, 0.3) is 0 Å². The molecule has 2 aromatic rings. The molecular weight excluding hydrogens is 398 g/mol. The average Bonchev–Trinajstić information content (AvgIpc) is 3.41. The molecule has 1 aromatic carbocycles. The zero-order valence-corrected chi connectivity index (χ0v) is 18.1. The molecule has 30 heavy (non-hydrogen) atoms. The lowest BCUT2D eigenvalue weighted by Gasteiger charge is -2.32. The van der Waals surface area contributed by atoms with Crippen molar-refractivity contribution in [3.05, 3.63) is 40.7 Å². The van der Waals surface area contributed by atoms with Gasteiger partial charge in [-0.1, -0.05) is 11.6 Å². The first-order valence-electron chi connectivity index (χ1n) is 11.0. The van der Waals surface area contributed by atoms with E-state index in [-0.39, 0.29) is 5.91 Å². The van der Waals surface area contributed by atoms with Gasteiger partial charge in [0, 0.05) is 31.0 Å². The molecule has 2 atom stereocenters. The number of carbonyl (C=O) groups is 1. The molecule has 1 aromatic heterocycles. The summed E-state index contributed by atoms with van der Waals surface area (Å²) >= 11 is 5.89. The number of rotatable bonds is 6. The van der Waals surface area contributed by atoms with Gasteiger partial charge < -0.3 is 15.5 Å². The smallest absolute Gasteiger partial charge is 0.228 e. The predicted octanol–water partition coefficient (Wildman–Crippen LogP) is 4.29. The highest BCUT2D eigenvalue weighted by Crippen LogP contribution is 2.49. The van der Waals surface area contributed by atoms with Crippen molar-refractivity contribution in [2.45, 2.75) is 39.0 Å². The maximum absolute atomic E-state index is 11.6. The summed E-state index contributed by atoms with van der Waals surface area (Å²) in [5, 5.41) is 7.12. The first-order chi connectivity index (χ1) is 14.6. The Morgan fingerprint density at radius 3 is 2.77 bits per heavy atom. The molecule has 1 aliphatic carbocycles. The number of halogens is 1. The number of nitrogens with one attached hydrogen (secondary N) is 2. The van der Waals surface area contributed by atoms with Gasteiger partial charge in [-0.25, -0.2) is 9.97 Å². The largest absolute Gasteiger partial charge is 0.385 e. The third-order valence-electron chi connectivity index (χ3n) is 6.89. The van der Waals surface area contributed by atoms with Crippen molar-refractivity contribution < 1.29 is 4.79 Å². The van der Waals surface area contributed by atoms with E-state index >= 15 is 0 Å².